The number of aromatic nitrogens is 1. The van der Waals surface area contributed by atoms with Gasteiger partial charge in [0.15, 0.2) is 0 Å². The van der Waals surface area contributed by atoms with Gasteiger partial charge in [0.2, 0.25) is 5.91 Å². The molecule has 0 radical (unpaired) electrons. The summed E-state index contributed by atoms with van der Waals surface area (Å²) >= 11 is 7.28. The molecule has 0 atom stereocenters. The van der Waals surface area contributed by atoms with Crippen LogP contribution in [0.5, 0.6) is 0 Å². The fourth-order valence-electron chi connectivity index (χ4n) is 2.37. The van der Waals surface area contributed by atoms with Crippen LogP contribution in [0.1, 0.15) is 17.0 Å². The maximum absolute atomic E-state index is 11.9. The summed E-state index contributed by atoms with van der Waals surface area (Å²) in [5.74, 6) is 0.149. The van der Waals surface area contributed by atoms with E-state index in [2.05, 4.69) is 15.1 Å². The second-order valence-corrected chi connectivity index (χ2v) is 6.99. The highest BCUT2D eigenvalue weighted by Crippen LogP contribution is 2.20. The molecule has 1 heterocycles. The van der Waals surface area contributed by atoms with Gasteiger partial charge in [-0.25, -0.2) is 5.43 Å². The summed E-state index contributed by atoms with van der Waals surface area (Å²) in [5, 5.41) is 4.74. The van der Waals surface area contributed by atoms with Gasteiger partial charge in [-0.05, 0) is 44.2 Å². The number of nitrogens with one attached hydrogen (secondary N) is 1. The summed E-state index contributed by atoms with van der Waals surface area (Å²) in [6, 6.07) is 9.43. The second-order valence-electron chi connectivity index (χ2n) is 5.51. The number of halogens is 1. The number of rotatable bonds is 8. The standard InChI is InChI=1S/C18H22ClN3O2S/c1-13-10-15(14(2)22(13)8-9-24-3)11-20-21-18(23)12-25-17-6-4-16(19)5-7-17/h4-7,10-11H,8-9,12H2,1-3H3,(H,21,23)/b20-11-. The van der Waals surface area contributed by atoms with Crippen molar-refractivity contribution in [3.8, 4) is 0 Å². The van der Waals surface area contributed by atoms with Crippen molar-refractivity contribution >= 4 is 35.5 Å². The van der Waals surface area contributed by atoms with Crippen molar-refractivity contribution in [2.45, 2.75) is 25.3 Å². The Morgan fingerprint density at radius 2 is 2.08 bits per heavy atom. The van der Waals surface area contributed by atoms with Crippen LogP contribution in [-0.2, 0) is 16.1 Å². The lowest BCUT2D eigenvalue weighted by Crippen LogP contribution is -2.19. The topological polar surface area (TPSA) is 55.6 Å². The molecule has 134 valence electrons. The van der Waals surface area contributed by atoms with Gasteiger partial charge < -0.3 is 9.30 Å². The van der Waals surface area contributed by atoms with Crippen LogP contribution in [0, 0.1) is 13.8 Å². The van der Waals surface area contributed by atoms with E-state index in [0.29, 0.717) is 17.4 Å². The van der Waals surface area contributed by atoms with E-state index in [-0.39, 0.29) is 5.91 Å². The molecule has 0 fully saturated rings. The minimum absolute atomic E-state index is 0.149. The molecule has 1 aromatic heterocycles. The molecule has 0 saturated carbocycles. The number of amides is 1. The summed E-state index contributed by atoms with van der Waals surface area (Å²) in [6.45, 7) is 5.53. The summed E-state index contributed by atoms with van der Waals surface area (Å²) < 4.78 is 7.30. The molecule has 1 amide bonds. The Kier molecular flexibility index (Phi) is 7.55. The summed E-state index contributed by atoms with van der Waals surface area (Å²) in [6.07, 6.45) is 1.68. The minimum Gasteiger partial charge on any atom is -0.383 e. The number of hydrazone groups is 1. The molecule has 0 spiro atoms. The molecule has 0 bridgehead atoms. The Bertz CT molecular complexity index is 742. The number of nitrogens with zero attached hydrogens (tertiary/aromatic N) is 2. The maximum Gasteiger partial charge on any atom is 0.250 e. The third-order valence-electron chi connectivity index (χ3n) is 3.71. The van der Waals surface area contributed by atoms with Gasteiger partial charge in [0.05, 0.1) is 18.6 Å². The lowest BCUT2D eigenvalue weighted by molar-refractivity contribution is -0.118. The molecule has 2 aromatic rings. The SMILES string of the molecule is COCCn1c(C)cc(/C=N\NC(=O)CSc2ccc(Cl)cc2)c1C. The molecule has 1 aromatic carbocycles. The number of benzene rings is 1. The van der Waals surface area contributed by atoms with Gasteiger partial charge in [0.25, 0.3) is 0 Å². The van der Waals surface area contributed by atoms with E-state index in [1.165, 1.54) is 11.8 Å². The Hall–Kier alpha value is -1.76. The zero-order chi connectivity index (χ0) is 18.2. The van der Waals surface area contributed by atoms with Crippen molar-refractivity contribution in [3.05, 3.63) is 52.3 Å². The van der Waals surface area contributed by atoms with Crippen molar-refractivity contribution in [2.24, 2.45) is 5.10 Å². The van der Waals surface area contributed by atoms with Crippen LogP contribution in [0.3, 0.4) is 0 Å². The molecule has 1 N–H and O–H groups in total. The first-order valence-corrected chi connectivity index (χ1v) is 9.23. The average Bonchev–Trinajstić information content (AvgIpc) is 2.86. The molecule has 7 heteroatoms. The highest BCUT2D eigenvalue weighted by Gasteiger charge is 2.07. The number of aryl methyl sites for hydroxylation is 1. The van der Waals surface area contributed by atoms with Gasteiger partial charge in [-0.2, -0.15) is 5.10 Å². The summed E-state index contributed by atoms with van der Waals surface area (Å²) in [5.41, 5.74) is 5.79. The van der Waals surface area contributed by atoms with E-state index < -0.39 is 0 Å². The highest BCUT2D eigenvalue weighted by atomic mass is 35.5. The van der Waals surface area contributed by atoms with Gasteiger partial charge >= 0.3 is 0 Å². The Morgan fingerprint density at radius 3 is 2.76 bits per heavy atom. The lowest BCUT2D eigenvalue weighted by atomic mass is 10.3. The molecule has 0 aliphatic heterocycles. The van der Waals surface area contributed by atoms with Crippen molar-refractivity contribution in [1.82, 2.24) is 9.99 Å². The zero-order valence-corrected chi connectivity index (χ0v) is 16.2. The van der Waals surface area contributed by atoms with Gasteiger partial charge in [0.1, 0.15) is 0 Å². The first-order chi connectivity index (χ1) is 12.0. The van der Waals surface area contributed by atoms with Gasteiger partial charge in [-0.1, -0.05) is 11.6 Å². The summed E-state index contributed by atoms with van der Waals surface area (Å²) in [7, 11) is 1.69. The smallest absolute Gasteiger partial charge is 0.250 e. The van der Waals surface area contributed by atoms with E-state index in [9.17, 15) is 4.79 Å². The van der Waals surface area contributed by atoms with E-state index in [1.807, 2.05) is 32.0 Å². The first-order valence-electron chi connectivity index (χ1n) is 7.87. The molecular formula is C18H22ClN3O2S. The largest absolute Gasteiger partial charge is 0.383 e. The van der Waals surface area contributed by atoms with Crippen LogP contribution in [0.2, 0.25) is 5.02 Å². The fourth-order valence-corrected chi connectivity index (χ4v) is 3.19. The number of carbonyl (C=O) groups excluding carboxylic acids is 1. The minimum atomic E-state index is -0.149. The Morgan fingerprint density at radius 1 is 1.36 bits per heavy atom. The molecule has 0 saturated heterocycles. The van der Waals surface area contributed by atoms with Crippen molar-refractivity contribution in [3.63, 3.8) is 0 Å². The molecular weight excluding hydrogens is 358 g/mol. The van der Waals surface area contributed by atoms with E-state index in [0.717, 1.165) is 28.4 Å². The quantitative estimate of drug-likeness (QED) is 0.432. The van der Waals surface area contributed by atoms with E-state index in [4.69, 9.17) is 16.3 Å². The van der Waals surface area contributed by atoms with Crippen molar-refractivity contribution in [1.29, 1.82) is 0 Å². The number of carbonyl (C=O) groups is 1. The molecule has 5 nitrogen and oxygen atoms in total. The number of ether oxygens (including phenoxy) is 1. The maximum atomic E-state index is 11.9. The number of hydrogen-bond donors (Lipinski definition) is 1. The van der Waals surface area contributed by atoms with Gasteiger partial charge in [-0.3, -0.25) is 4.79 Å². The van der Waals surface area contributed by atoms with E-state index >= 15 is 0 Å². The van der Waals surface area contributed by atoms with Gasteiger partial charge in [0, 0.05) is 40.5 Å². The Labute approximate surface area is 157 Å². The fraction of sp³-hybridized carbons (Fsp3) is 0.333. The van der Waals surface area contributed by atoms with Crippen LogP contribution in [-0.4, -0.2) is 36.2 Å². The van der Waals surface area contributed by atoms with Crippen LogP contribution >= 0.6 is 23.4 Å². The van der Waals surface area contributed by atoms with Crippen molar-refractivity contribution < 1.29 is 9.53 Å². The summed E-state index contributed by atoms with van der Waals surface area (Å²) in [4.78, 5) is 12.9. The average molecular weight is 380 g/mol. The predicted molar refractivity (Wildman–Crippen MR) is 104 cm³/mol. The van der Waals surface area contributed by atoms with Crippen LogP contribution in [0.4, 0.5) is 0 Å². The molecule has 0 unspecified atom stereocenters. The Balaban J connectivity index is 1.85. The number of thioether (sulfide) groups is 1. The van der Waals surface area contributed by atoms with Crippen LogP contribution < -0.4 is 5.43 Å². The second kappa shape index (κ2) is 9.65. The third kappa shape index (κ3) is 5.92. The monoisotopic (exact) mass is 379 g/mol. The lowest BCUT2D eigenvalue weighted by Gasteiger charge is -2.08. The number of methoxy groups -OCH3 is 1. The predicted octanol–water partition coefficient (Wildman–Crippen LogP) is 3.65. The first kappa shape index (κ1) is 19.6. The zero-order valence-electron chi connectivity index (χ0n) is 14.6. The van der Waals surface area contributed by atoms with E-state index in [1.54, 1.807) is 25.5 Å². The molecule has 25 heavy (non-hydrogen) atoms. The molecule has 0 aliphatic carbocycles. The normalized spacial score (nSPS) is 11.2. The van der Waals surface area contributed by atoms with Crippen LogP contribution in [0.25, 0.3) is 0 Å². The third-order valence-corrected chi connectivity index (χ3v) is 4.97. The molecule has 0 aliphatic rings. The van der Waals surface area contributed by atoms with Gasteiger partial charge in [-0.15, -0.1) is 11.8 Å². The number of hydrogen-bond acceptors (Lipinski definition) is 4. The highest BCUT2D eigenvalue weighted by molar-refractivity contribution is 8.00. The van der Waals surface area contributed by atoms with Crippen LogP contribution in [0.15, 0.2) is 40.3 Å². The van der Waals surface area contributed by atoms with Crippen molar-refractivity contribution in [2.75, 3.05) is 19.5 Å². The molecule has 2 rings (SSSR count).